The van der Waals surface area contributed by atoms with Gasteiger partial charge in [0.1, 0.15) is 5.82 Å². The predicted octanol–water partition coefficient (Wildman–Crippen LogP) is 4.13. The van der Waals surface area contributed by atoms with Crippen LogP contribution in [0.4, 0.5) is 0 Å². The number of carbonyl (C=O) groups excluding carboxylic acids is 2. The summed E-state index contributed by atoms with van der Waals surface area (Å²) in [5.74, 6) is 0.628. The third kappa shape index (κ3) is 5.98. The summed E-state index contributed by atoms with van der Waals surface area (Å²) in [6, 6.07) is 15.0. The average molecular weight is 447 g/mol. The molecule has 1 atom stereocenters. The van der Waals surface area contributed by atoms with Crippen molar-refractivity contribution in [2.75, 3.05) is 6.61 Å². The lowest BCUT2D eigenvalue weighted by Crippen LogP contribution is -2.39. The minimum absolute atomic E-state index is 0.131. The molecule has 0 aliphatic carbocycles. The van der Waals surface area contributed by atoms with E-state index in [1.54, 1.807) is 31.2 Å². The van der Waals surface area contributed by atoms with Gasteiger partial charge < -0.3 is 14.6 Å². The van der Waals surface area contributed by atoms with Crippen molar-refractivity contribution in [3.05, 3.63) is 65.0 Å². The molecule has 3 rings (SSSR count). The Labute approximate surface area is 194 Å². The Morgan fingerprint density at radius 2 is 1.91 bits per heavy atom. The summed E-state index contributed by atoms with van der Waals surface area (Å²) >= 11 is 0. The Kier molecular flexibility index (Phi) is 7.83. The zero-order valence-electron chi connectivity index (χ0n) is 19.6. The van der Waals surface area contributed by atoms with E-state index in [1.807, 2.05) is 43.7 Å². The van der Waals surface area contributed by atoms with E-state index in [9.17, 15) is 9.59 Å². The fourth-order valence-corrected chi connectivity index (χ4v) is 3.76. The molecule has 0 saturated heterocycles. The molecular weight excluding hydrogens is 416 g/mol. The van der Waals surface area contributed by atoms with Gasteiger partial charge in [-0.2, -0.15) is 5.26 Å². The highest BCUT2D eigenvalue weighted by Gasteiger charge is 2.20. The highest BCUT2D eigenvalue weighted by Crippen LogP contribution is 2.20. The van der Waals surface area contributed by atoms with Gasteiger partial charge in [0.25, 0.3) is 5.91 Å². The molecule has 0 spiro atoms. The second-order valence-corrected chi connectivity index (χ2v) is 8.44. The first-order valence-electron chi connectivity index (χ1n) is 11.2. The summed E-state index contributed by atoms with van der Waals surface area (Å²) in [5.41, 5.74) is 3.92. The average Bonchev–Trinajstić information content (AvgIpc) is 3.11. The summed E-state index contributed by atoms with van der Waals surface area (Å²) in [6.45, 7) is 6.18. The quantitative estimate of drug-likeness (QED) is 0.499. The second kappa shape index (κ2) is 10.8. The number of aryl methyl sites for hydroxylation is 1. The molecule has 0 saturated carbocycles. The van der Waals surface area contributed by atoms with Crippen LogP contribution in [-0.2, 0) is 23.0 Å². The first-order valence-corrected chi connectivity index (χ1v) is 11.2. The number of hydrogen-bond donors (Lipinski definition) is 1. The number of ether oxygens (including phenoxy) is 1. The molecule has 0 radical (unpaired) electrons. The van der Waals surface area contributed by atoms with Crippen molar-refractivity contribution in [2.45, 2.75) is 46.1 Å². The molecule has 0 bridgehead atoms. The summed E-state index contributed by atoms with van der Waals surface area (Å²) < 4.78 is 7.02. The first-order chi connectivity index (χ1) is 15.8. The largest absolute Gasteiger partial charge is 0.466 e. The third-order valence-corrected chi connectivity index (χ3v) is 5.77. The zero-order chi connectivity index (χ0) is 24.0. The van der Waals surface area contributed by atoms with Crippen molar-refractivity contribution in [3.63, 3.8) is 0 Å². The van der Waals surface area contributed by atoms with Crippen molar-refractivity contribution >= 4 is 22.9 Å². The molecule has 1 heterocycles. The van der Waals surface area contributed by atoms with Gasteiger partial charge in [-0.3, -0.25) is 9.59 Å². The van der Waals surface area contributed by atoms with E-state index in [0.717, 1.165) is 22.4 Å². The zero-order valence-corrected chi connectivity index (χ0v) is 19.6. The molecule has 1 unspecified atom stereocenters. The Hall–Kier alpha value is -3.66. The number of amides is 1. The van der Waals surface area contributed by atoms with Gasteiger partial charge >= 0.3 is 5.97 Å². The van der Waals surface area contributed by atoms with Crippen LogP contribution in [0, 0.1) is 17.2 Å². The molecule has 2 aromatic carbocycles. The lowest BCUT2D eigenvalue weighted by atomic mass is 9.98. The van der Waals surface area contributed by atoms with Crippen LogP contribution < -0.4 is 5.32 Å². The van der Waals surface area contributed by atoms with Crippen LogP contribution in [-0.4, -0.2) is 34.1 Å². The molecule has 33 heavy (non-hydrogen) atoms. The van der Waals surface area contributed by atoms with Crippen molar-refractivity contribution in [1.29, 1.82) is 5.26 Å². The van der Waals surface area contributed by atoms with Crippen molar-refractivity contribution < 1.29 is 14.3 Å². The predicted molar refractivity (Wildman–Crippen MR) is 127 cm³/mol. The van der Waals surface area contributed by atoms with Crippen LogP contribution in [0.2, 0.25) is 0 Å². The molecule has 0 fully saturated rings. The number of nitriles is 1. The van der Waals surface area contributed by atoms with Crippen LogP contribution in [0.15, 0.2) is 42.5 Å². The number of esters is 1. The maximum absolute atomic E-state index is 12.9. The first kappa shape index (κ1) is 24.0. The highest BCUT2D eigenvalue weighted by atomic mass is 16.5. The fourth-order valence-electron chi connectivity index (χ4n) is 3.76. The molecule has 172 valence electrons. The lowest BCUT2D eigenvalue weighted by Gasteiger charge is -2.22. The molecular formula is C26H30N4O3. The molecule has 7 heteroatoms. The van der Waals surface area contributed by atoms with Gasteiger partial charge in [0.2, 0.25) is 0 Å². The summed E-state index contributed by atoms with van der Waals surface area (Å²) in [5, 5.41) is 12.0. The smallest absolute Gasteiger partial charge is 0.305 e. The van der Waals surface area contributed by atoms with Crippen LogP contribution >= 0.6 is 0 Å². The van der Waals surface area contributed by atoms with E-state index in [4.69, 9.17) is 15.0 Å². The monoisotopic (exact) mass is 446 g/mol. The number of imidazole rings is 1. The molecule has 1 N–H and O–H groups in total. The van der Waals surface area contributed by atoms with E-state index >= 15 is 0 Å². The van der Waals surface area contributed by atoms with Crippen LogP contribution in [0.1, 0.15) is 60.9 Å². The van der Waals surface area contributed by atoms with Gasteiger partial charge in [0, 0.05) is 31.5 Å². The molecule has 0 aliphatic heterocycles. The van der Waals surface area contributed by atoms with Gasteiger partial charge in [-0.1, -0.05) is 26.0 Å². The molecule has 1 amide bonds. The fraction of sp³-hybridized carbons (Fsp3) is 0.385. The summed E-state index contributed by atoms with van der Waals surface area (Å²) in [7, 11) is 1.96. The van der Waals surface area contributed by atoms with Gasteiger partial charge in [-0.05, 0) is 55.2 Å². The minimum atomic E-state index is -0.248. The van der Waals surface area contributed by atoms with Crippen molar-refractivity contribution in [3.8, 4) is 6.07 Å². The number of benzene rings is 2. The Balaban J connectivity index is 1.74. The van der Waals surface area contributed by atoms with Crippen LogP contribution in [0.25, 0.3) is 11.0 Å². The number of aromatic nitrogens is 2. The van der Waals surface area contributed by atoms with E-state index in [0.29, 0.717) is 30.6 Å². The maximum Gasteiger partial charge on any atom is 0.305 e. The number of nitrogens with zero attached hydrogens (tertiary/aromatic N) is 3. The number of rotatable bonds is 9. The van der Waals surface area contributed by atoms with Gasteiger partial charge in [-0.25, -0.2) is 4.98 Å². The van der Waals surface area contributed by atoms with Gasteiger partial charge in [0.05, 0.1) is 29.3 Å². The third-order valence-electron chi connectivity index (χ3n) is 5.77. The Morgan fingerprint density at radius 1 is 1.18 bits per heavy atom. The van der Waals surface area contributed by atoms with E-state index in [-0.39, 0.29) is 30.3 Å². The number of hydrogen-bond acceptors (Lipinski definition) is 5. The van der Waals surface area contributed by atoms with E-state index in [1.165, 1.54) is 0 Å². The van der Waals surface area contributed by atoms with Crippen molar-refractivity contribution in [1.82, 2.24) is 14.9 Å². The van der Waals surface area contributed by atoms with Crippen molar-refractivity contribution in [2.24, 2.45) is 13.0 Å². The van der Waals surface area contributed by atoms with Crippen LogP contribution in [0.3, 0.4) is 0 Å². The second-order valence-electron chi connectivity index (χ2n) is 8.44. The number of fused-ring (bicyclic) bond motifs is 1. The summed E-state index contributed by atoms with van der Waals surface area (Å²) in [4.78, 5) is 29.4. The molecule has 1 aromatic heterocycles. The maximum atomic E-state index is 12.9. The molecule has 3 aromatic rings. The topological polar surface area (TPSA) is 97.0 Å². The SMILES string of the molecule is CCOC(=O)CCC(NC(=O)c1ccc2c(c1)nc(Cc1ccc(C#N)cc1)n2C)C(C)C. The molecule has 7 nitrogen and oxygen atoms in total. The summed E-state index contributed by atoms with van der Waals surface area (Å²) in [6.07, 6.45) is 1.43. The van der Waals surface area contributed by atoms with Gasteiger partial charge in [0.15, 0.2) is 0 Å². The number of carbonyl (C=O) groups is 2. The Morgan fingerprint density at radius 3 is 2.55 bits per heavy atom. The van der Waals surface area contributed by atoms with Crippen LogP contribution in [0.5, 0.6) is 0 Å². The standard InChI is InChI=1S/C26H30N4O3/c1-5-33-25(31)13-11-21(17(2)3)29-26(32)20-10-12-23-22(15-20)28-24(30(23)4)14-18-6-8-19(16-27)9-7-18/h6-10,12,15,17,21H,5,11,13-14H2,1-4H3,(H,29,32). The Bertz CT molecular complexity index is 1170. The number of nitrogens with one attached hydrogen (secondary N) is 1. The van der Waals surface area contributed by atoms with E-state index < -0.39 is 0 Å². The lowest BCUT2D eigenvalue weighted by molar-refractivity contribution is -0.143. The minimum Gasteiger partial charge on any atom is -0.466 e. The van der Waals surface area contributed by atoms with Gasteiger partial charge in [-0.15, -0.1) is 0 Å². The van der Waals surface area contributed by atoms with E-state index in [2.05, 4.69) is 11.4 Å². The molecule has 0 aliphatic rings. The normalized spacial score (nSPS) is 11.9. The highest BCUT2D eigenvalue weighted by molar-refractivity contribution is 5.97.